The summed E-state index contributed by atoms with van der Waals surface area (Å²) in [4.78, 5) is 0. The monoisotopic (exact) mass is 401 g/mol. The van der Waals surface area contributed by atoms with E-state index >= 15 is 0 Å². The lowest BCUT2D eigenvalue weighted by atomic mass is 10.2. The minimum Gasteiger partial charge on any atom is -0.490 e. The van der Waals surface area contributed by atoms with Crippen molar-refractivity contribution in [1.29, 1.82) is 0 Å². The average molecular weight is 401 g/mol. The van der Waals surface area contributed by atoms with Crippen LogP contribution in [0, 0.1) is 6.92 Å². The van der Waals surface area contributed by atoms with Crippen molar-refractivity contribution in [2.24, 2.45) is 0 Å². The first-order valence-electron chi connectivity index (χ1n) is 9.81. The Morgan fingerprint density at radius 3 is 2.50 bits per heavy atom. The van der Waals surface area contributed by atoms with Gasteiger partial charge >= 0.3 is 6.01 Å². The molecule has 7 nitrogen and oxygen atoms in total. The molecular formula is C23H23N5O2. The maximum Gasteiger partial charge on any atom is 0.346 e. The third-order valence-corrected chi connectivity index (χ3v) is 4.50. The van der Waals surface area contributed by atoms with Crippen molar-refractivity contribution in [2.75, 3.05) is 11.9 Å². The number of nitrogens with one attached hydrogen (secondary N) is 1. The van der Waals surface area contributed by atoms with E-state index in [-0.39, 0.29) is 6.01 Å². The Morgan fingerprint density at radius 1 is 0.933 bits per heavy atom. The number of rotatable bonds is 8. The average Bonchev–Trinajstić information content (AvgIpc) is 3.24. The Kier molecular flexibility index (Phi) is 5.89. The summed E-state index contributed by atoms with van der Waals surface area (Å²) in [7, 11) is 0. The van der Waals surface area contributed by atoms with Crippen molar-refractivity contribution in [1.82, 2.24) is 20.2 Å². The molecule has 4 aromatic rings. The van der Waals surface area contributed by atoms with Gasteiger partial charge in [0.2, 0.25) is 0 Å². The van der Waals surface area contributed by atoms with Gasteiger partial charge in [0.25, 0.3) is 0 Å². The fraction of sp³-hybridized carbons (Fsp3) is 0.174. The molecule has 4 rings (SSSR count). The Labute approximate surface area is 175 Å². The topological polar surface area (TPSA) is 74.1 Å². The molecule has 30 heavy (non-hydrogen) atoms. The highest BCUT2D eigenvalue weighted by Gasteiger charge is 2.14. The van der Waals surface area contributed by atoms with Crippen LogP contribution >= 0.6 is 0 Å². The predicted octanol–water partition coefficient (Wildman–Crippen LogP) is 4.77. The van der Waals surface area contributed by atoms with Gasteiger partial charge in [0.15, 0.2) is 11.5 Å². The zero-order valence-electron chi connectivity index (χ0n) is 16.9. The van der Waals surface area contributed by atoms with Crippen molar-refractivity contribution in [2.45, 2.75) is 20.4 Å². The molecule has 0 aliphatic heterocycles. The molecule has 0 radical (unpaired) electrons. The molecule has 0 bridgehead atoms. The van der Waals surface area contributed by atoms with Crippen LogP contribution < -0.4 is 14.8 Å². The number of aromatic nitrogens is 4. The van der Waals surface area contributed by atoms with Gasteiger partial charge in [-0.1, -0.05) is 47.1 Å². The summed E-state index contributed by atoms with van der Waals surface area (Å²) in [5.74, 6) is 1.20. The van der Waals surface area contributed by atoms with Crippen LogP contribution in [0.1, 0.15) is 18.1 Å². The summed E-state index contributed by atoms with van der Waals surface area (Å²) in [6, 6.07) is 24.0. The molecule has 7 heteroatoms. The fourth-order valence-electron chi connectivity index (χ4n) is 2.96. The van der Waals surface area contributed by atoms with Crippen LogP contribution in [0.2, 0.25) is 0 Å². The molecule has 0 amide bonds. The van der Waals surface area contributed by atoms with Gasteiger partial charge in [0, 0.05) is 12.2 Å². The van der Waals surface area contributed by atoms with E-state index in [0.29, 0.717) is 24.7 Å². The van der Waals surface area contributed by atoms with Crippen LogP contribution in [0.4, 0.5) is 5.69 Å². The largest absolute Gasteiger partial charge is 0.490 e. The number of aryl methyl sites for hydroxylation is 1. The van der Waals surface area contributed by atoms with Crippen molar-refractivity contribution in [3.8, 4) is 23.2 Å². The zero-order valence-corrected chi connectivity index (χ0v) is 16.9. The normalized spacial score (nSPS) is 10.6. The van der Waals surface area contributed by atoms with Crippen molar-refractivity contribution < 1.29 is 9.47 Å². The second-order valence-corrected chi connectivity index (χ2v) is 6.74. The molecular weight excluding hydrogens is 378 g/mol. The van der Waals surface area contributed by atoms with Crippen LogP contribution in [-0.2, 0) is 6.54 Å². The number of para-hydroxylation sites is 1. The lowest BCUT2D eigenvalue weighted by molar-refractivity contribution is 0.315. The first-order valence-corrected chi connectivity index (χ1v) is 9.81. The first kappa shape index (κ1) is 19.4. The summed E-state index contributed by atoms with van der Waals surface area (Å²) in [5, 5.41) is 15.2. The Hall–Kier alpha value is -3.87. The molecule has 0 atom stereocenters. The number of benzene rings is 3. The van der Waals surface area contributed by atoms with E-state index in [9.17, 15) is 0 Å². The van der Waals surface area contributed by atoms with E-state index < -0.39 is 0 Å². The van der Waals surface area contributed by atoms with Crippen molar-refractivity contribution >= 4 is 5.69 Å². The number of nitrogens with zero attached hydrogens (tertiary/aromatic N) is 4. The molecule has 1 aromatic heterocycles. The van der Waals surface area contributed by atoms with Crippen LogP contribution in [0.15, 0.2) is 72.8 Å². The lowest BCUT2D eigenvalue weighted by Crippen LogP contribution is -2.03. The summed E-state index contributed by atoms with van der Waals surface area (Å²) >= 11 is 0. The molecule has 0 fully saturated rings. The molecule has 3 aromatic carbocycles. The maximum atomic E-state index is 6.00. The summed E-state index contributed by atoms with van der Waals surface area (Å²) in [5.41, 5.74) is 4.20. The van der Waals surface area contributed by atoms with E-state index in [1.807, 2.05) is 55.5 Å². The molecule has 0 saturated heterocycles. The highest BCUT2D eigenvalue weighted by atomic mass is 16.5. The molecule has 0 unspecified atom stereocenters. The number of tetrazole rings is 1. The van der Waals surface area contributed by atoms with Crippen LogP contribution in [0.5, 0.6) is 17.5 Å². The minimum absolute atomic E-state index is 0.271. The standard InChI is InChI=1S/C23H23N5O2/c1-3-29-22-15-18(16-24-19-12-9-17(2)10-13-19)11-14-21(22)30-23-25-26-27-28(23)20-7-5-4-6-8-20/h4-15,24H,3,16H2,1-2H3. The van der Waals surface area contributed by atoms with Crippen LogP contribution in [-0.4, -0.2) is 26.8 Å². The van der Waals surface area contributed by atoms with Gasteiger partial charge in [-0.2, -0.15) is 4.68 Å². The van der Waals surface area contributed by atoms with Gasteiger partial charge in [-0.15, -0.1) is 0 Å². The molecule has 1 N–H and O–H groups in total. The molecule has 152 valence electrons. The highest BCUT2D eigenvalue weighted by Crippen LogP contribution is 2.32. The number of ether oxygens (including phenoxy) is 2. The second kappa shape index (κ2) is 9.09. The molecule has 1 heterocycles. The second-order valence-electron chi connectivity index (χ2n) is 6.74. The van der Waals surface area contributed by atoms with Crippen LogP contribution in [0.3, 0.4) is 0 Å². The number of hydrogen-bond donors (Lipinski definition) is 1. The summed E-state index contributed by atoms with van der Waals surface area (Å²) in [6.07, 6.45) is 0. The number of hydrogen-bond acceptors (Lipinski definition) is 6. The molecule has 0 aliphatic rings. The van der Waals surface area contributed by atoms with E-state index in [1.54, 1.807) is 4.68 Å². The fourth-order valence-corrected chi connectivity index (χ4v) is 2.96. The van der Waals surface area contributed by atoms with Gasteiger partial charge in [0.05, 0.1) is 12.3 Å². The zero-order chi connectivity index (χ0) is 20.8. The van der Waals surface area contributed by atoms with Gasteiger partial charge < -0.3 is 14.8 Å². The molecule has 0 aliphatic carbocycles. The summed E-state index contributed by atoms with van der Waals surface area (Å²) in [6.45, 7) is 5.21. The third-order valence-electron chi connectivity index (χ3n) is 4.50. The highest BCUT2D eigenvalue weighted by molar-refractivity contribution is 5.48. The minimum atomic E-state index is 0.271. The van der Waals surface area contributed by atoms with E-state index in [0.717, 1.165) is 16.9 Å². The third kappa shape index (κ3) is 4.57. The first-order chi connectivity index (χ1) is 14.7. The van der Waals surface area contributed by atoms with Gasteiger partial charge in [-0.25, -0.2) is 0 Å². The quantitative estimate of drug-likeness (QED) is 0.458. The smallest absolute Gasteiger partial charge is 0.346 e. The van der Waals surface area contributed by atoms with E-state index in [4.69, 9.17) is 9.47 Å². The van der Waals surface area contributed by atoms with E-state index in [2.05, 4.69) is 52.0 Å². The SMILES string of the molecule is CCOc1cc(CNc2ccc(C)cc2)ccc1Oc1nnnn1-c1ccccc1. The Balaban J connectivity index is 1.53. The van der Waals surface area contributed by atoms with Gasteiger partial charge in [-0.05, 0) is 66.2 Å². The molecule has 0 spiro atoms. The van der Waals surface area contributed by atoms with Gasteiger partial charge in [0.1, 0.15) is 0 Å². The van der Waals surface area contributed by atoms with Gasteiger partial charge in [-0.3, -0.25) is 0 Å². The Morgan fingerprint density at radius 2 is 1.73 bits per heavy atom. The van der Waals surface area contributed by atoms with Crippen LogP contribution in [0.25, 0.3) is 5.69 Å². The maximum absolute atomic E-state index is 6.00. The lowest BCUT2D eigenvalue weighted by Gasteiger charge is -2.13. The van der Waals surface area contributed by atoms with E-state index in [1.165, 1.54) is 5.56 Å². The Bertz CT molecular complexity index is 1090. The van der Waals surface area contributed by atoms with Crippen molar-refractivity contribution in [3.05, 3.63) is 83.9 Å². The van der Waals surface area contributed by atoms with Crippen molar-refractivity contribution in [3.63, 3.8) is 0 Å². The predicted molar refractivity (Wildman–Crippen MR) is 115 cm³/mol. The summed E-state index contributed by atoms with van der Waals surface area (Å²) < 4.78 is 13.4. The molecule has 0 saturated carbocycles. The number of anilines is 1.